The number of hydrogen-bond acceptors (Lipinski definition) is 5. The van der Waals surface area contributed by atoms with Crippen LogP contribution in [-0.4, -0.2) is 44.3 Å². The monoisotopic (exact) mass is 627 g/mol. The highest BCUT2D eigenvalue weighted by Crippen LogP contribution is 2.29. The van der Waals surface area contributed by atoms with Crippen molar-refractivity contribution in [1.82, 2.24) is 10.2 Å². The van der Waals surface area contributed by atoms with Gasteiger partial charge >= 0.3 is 0 Å². The van der Waals surface area contributed by atoms with E-state index in [1.54, 1.807) is 36.4 Å². The Kier molecular flexibility index (Phi) is 11.4. The Morgan fingerprint density at radius 2 is 1.36 bits per heavy atom. The molecule has 0 saturated carbocycles. The number of rotatable bonds is 14. The highest BCUT2D eigenvalue weighted by Gasteiger charge is 2.33. The van der Waals surface area contributed by atoms with E-state index in [-0.39, 0.29) is 17.3 Å². The Morgan fingerprint density at radius 3 is 1.93 bits per heavy atom. The first-order chi connectivity index (χ1) is 21.6. The van der Waals surface area contributed by atoms with Crippen molar-refractivity contribution in [2.75, 3.05) is 17.4 Å². The highest BCUT2D eigenvalue weighted by molar-refractivity contribution is 7.92. The number of amides is 2. The molecule has 1 atom stereocenters. The molecule has 0 radical (unpaired) electrons. The fourth-order valence-corrected chi connectivity index (χ4v) is 6.26. The third kappa shape index (κ3) is 8.73. The normalized spacial score (nSPS) is 11.8. The van der Waals surface area contributed by atoms with E-state index in [2.05, 4.69) is 5.32 Å². The van der Waals surface area contributed by atoms with Gasteiger partial charge in [0.2, 0.25) is 11.8 Å². The van der Waals surface area contributed by atoms with Gasteiger partial charge < -0.3 is 15.0 Å². The fourth-order valence-electron chi connectivity index (χ4n) is 4.85. The van der Waals surface area contributed by atoms with Crippen molar-refractivity contribution in [3.63, 3.8) is 0 Å². The highest BCUT2D eigenvalue weighted by atomic mass is 32.2. The molecule has 9 heteroatoms. The van der Waals surface area contributed by atoms with Crippen LogP contribution in [0.4, 0.5) is 5.69 Å². The van der Waals surface area contributed by atoms with Gasteiger partial charge in [-0.2, -0.15) is 0 Å². The van der Waals surface area contributed by atoms with Crippen molar-refractivity contribution in [3.8, 4) is 11.5 Å². The summed E-state index contributed by atoms with van der Waals surface area (Å²) in [5.74, 6) is 0.399. The lowest BCUT2D eigenvalue weighted by Crippen LogP contribution is -2.52. The van der Waals surface area contributed by atoms with Crippen LogP contribution in [0.25, 0.3) is 0 Å². The second kappa shape index (κ2) is 15.4. The zero-order valence-corrected chi connectivity index (χ0v) is 27.1. The summed E-state index contributed by atoms with van der Waals surface area (Å²) in [6, 6.07) is 29.3. The zero-order chi connectivity index (χ0) is 32.4. The molecular weight excluding hydrogens is 586 g/mol. The SMILES string of the molecule is CCCNC(=O)C(CC)N(Cc1ccc(C)cc1)C(=O)CN(c1ccc(Oc2ccccc2)cc1)S(=O)(=O)c1ccc(C)cc1. The van der Waals surface area contributed by atoms with Gasteiger partial charge in [0.1, 0.15) is 24.1 Å². The lowest BCUT2D eigenvalue weighted by Gasteiger charge is -2.33. The van der Waals surface area contributed by atoms with Gasteiger partial charge in [-0.3, -0.25) is 13.9 Å². The maximum absolute atomic E-state index is 14.2. The van der Waals surface area contributed by atoms with E-state index < -0.39 is 28.5 Å². The van der Waals surface area contributed by atoms with Crippen LogP contribution in [-0.2, 0) is 26.2 Å². The summed E-state index contributed by atoms with van der Waals surface area (Å²) < 4.78 is 35.3. The molecule has 1 N–H and O–H groups in total. The minimum Gasteiger partial charge on any atom is -0.457 e. The van der Waals surface area contributed by atoms with Crippen molar-refractivity contribution >= 4 is 27.5 Å². The zero-order valence-electron chi connectivity index (χ0n) is 26.3. The summed E-state index contributed by atoms with van der Waals surface area (Å²) >= 11 is 0. The van der Waals surface area contributed by atoms with Gasteiger partial charge in [0, 0.05) is 13.1 Å². The first-order valence-corrected chi connectivity index (χ1v) is 16.6. The van der Waals surface area contributed by atoms with Gasteiger partial charge in [0.15, 0.2) is 0 Å². The molecule has 0 aromatic heterocycles. The van der Waals surface area contributed by atoms with Gasteiger partial charge in [-0.05, 0) is 80.8 Å². The van der Waals surface area contributed by atoms with Crippen LogP contribution in [0.3, 0.4) is 0 Å². The second-order valence-corrected chi connectivity index (χ2v) is 12.8. The van der Waals surface area contributed by atoms with E-state index in [1.165, 1.54) is 17.0 Å². The number of benzene rings is 4. The number of aryl methyl sites for hydroxylation is 2. The predicted molar refractivity (Wildman–Crippen MR) is 178 cm³/mol. The molecule has 0 bridgehead atoms. The number of nitrogens with zero attached hydrogens (tertiary/aromatic N) is 2. The molecule has 4 rings (SSSR count). The van der Waals surface area contributed by atoms with Crippen molar-refractivity contribution in [1.29, 1.82) is 0 Å². The standard InChI is InChI=1S/C36H41N3O5S/c1-5-24-37-36(41)34(6-2)38(25-29-16-12-27(3)13-17-29)35(40)26-39(45(42,43)33-22-14-28(4)15-23-33)30-18-20-32(21-19-30)44-31-10-8-7-9-11-31/h7-23,34H,5-6,24-26H2,1-4H3,(H,37,41). The second-order valence-electron chi connectivity index (χ2n) is 11.0. The van der Waals surface area contributed by atoms with Crippen molar-refractivity contribution in [2.24, 2.45) is 0 Å². The Hall–Kier alpha value is -4.63. The molecule has 0 heterocycles. The number of carbonyl (C=O) groups is 2. The van der Waals surface area contributed by atoms with Crippen molar-refractivity contribution < 1.29 is 22.7 Å². The van der Waals surface area contributed by atoms with E-state index in [0.717, 1.165) is 27.4 Å². The van der Waals surface area contributed by atoms with Crippen molar-refractivity contribution in [3.05, 3.63) is 120 Å². The van der Waals surface area contributed by atoms with Gasteiger partial charge in [-0.15, -0.1) is 0 Å². The lowest BCUT2D eigenvalue weighted by atomic mass is 10.1. The quantitative estimate of drug-likeness (QED) is 0.169. The molecule has 8 nitrogen and oxygen atoms in total. The molecule has 4 aromatic rings. The van der Waals surface area contributed by atoms with Crippen LogP contribution in [0.15, 0.2) is 108 Å². The van der Waals surface area contributed by atoms with E-state index in [4.69, 9.17) is 4.74 Å². The van der Waals surface area contributed by atoms with Gasteiger partial charge in [-0.1, -0.05) is 79.6 Å². The Labute approximate surface area is 266 Å². The van der Waals surface area contributed by atoms with Gasteiger partial charge in [0.25, 0.3) is 10.0 Å². The van der Waals surface area contributed by atoms with Crippen LogP contribution >= 0.6 is 0 Å². The smallest absolute Gasteiger partial charge is 0.264 e. The number of para-hydroxylation sites is 1. The van der Waals surface area contributed by atoms with Crippen LogP contribution in [0.1, 0.15) is 43.4 Å². The summed E-state index contributed by atoms with van der Waals surface area (Å²) in [5, 5.41) is 2.91. The van der Waals surface area contributed by atoms with Crippen molar-refractivity contribution in [2.45, 2.75) is 58.0 Å². The molecule has 0 aliphatic carbocycles. The topological polar surface area (TPSA) is 96.0 Å². The number of carbonyl (C=O) groups excluding carboxylic acids is 2. The molecule has 1 unspecified atom stereocenters. The molecule has 236 valence electrons. The third-order valence-electron chi connectivity index (χ3n) is 7.40. The molecule has 0 spiro atoms. The minimum absolute atomic E-state index is 0.0586. The molecule has 2 amide bonds. The van der Waals surface area contributed by atoms with Crippen LogP contribution < -0.4 is 14.4 Å². The molecule has 0 aliphatic rings. The predicted octanol–water partition coefficient (Wildman–Crippen LogP) is 6.62. The fraction of sp³-hybridized carbons (Fsp3) is 0.278. The summed E-state index contributed by atoms with van der Waals surface area (Å²) in [6.45, 7) is 7.79. The summed E-state index contributed by atoms with van der Waals surface area (Å²) in [4.78, 5) is 29.0. The van der Waals surface area contributed by atoms with Crippen LogP contribution in [0.2, 0.25) is 0 Å². The molecule has 0 fully saturated rings. The van der Waals surface area contributed by atoms with E-state index in [0.29, 0.717) is 30.2 Å². The number of anilines is 1. The Morgan fingerprint density at radius 1 is 0.778 bits per heavy atom. The molecule has 0 saturated heterocycles. The van der Waals surface area contributed by atoms with Crippen LogP contribution in [0.5, 0.6) is 11.5 Å². The Bertz CT molecular complexity index is 1660. The number of nitrogens with one attached hydrogen (secondary N) is 1. The summed E-state index contributed by atoms with van der Waals surface area (Å²) in [6.07, 6.45) is 1.12. The largest absolute Gasteiger partial charge is 0.457 e. The summed E-state index contributed by atoms with van der Waals surface area (Å²) in [7, 11) is -4.17. The lowest BCUT2D eigenvalue weighted by molar-refractivity contribution is -0.140. The molecule has 0 aliphatic heterocycles. The molecule has 4 aromatic carbocycles. The minimum atomic E-state index is -4.17. The molecular formula is C36H41N3O5S. The van der Waals surface area contributed by atoms with Gasteiger partial charge in [0.05, 0.1) is 10.6 Å². The van der Waals surface area contributed by atoms with Crippen LogP contribution in [0, 0.1) is 13.8 Å². The van der Waals surface area contributed by atoms with E-state index >= 15 is 0 Å². The number of hydrogen-bond donors (Lipinski definition) is 1. The van der Waals surface area contributed by atoms with E-state index in [1.807, 2.05) is 82.3 Å². The maximum Gasteiger partial charge on any atom is 0.264 e. The van der Waals surface area contributed by atoms with E-state index in [9.17, 15) is 18.0 Å². The Balaban J connectivity index is 1.71. The first-order valence-electron chi connectivity index (χ1n) is 15.2. The number of ether oxygens (including phenoxy) is 1. The maximum atomic E-state index is 14.2. The average molecular weight is 628 g/mol. The van der Waals surface area contributed by atoms with Gasteiger partial charge in [-0.25, -0.2) is 8.42 Å². The first kappa shape index (κ1) is 33.3. The average Bonchev–Trinajstić information content (AvgIpc) is 3.04. The third-order valence-corrected chi connectivity index (χ3v) is 9.19. The molecule has 45 heavy (non-hydrogen) atoms. The summed E-state index contributed by atoms with van der Waals surface area (Å²) in [5.41, 5.74) is 3.11. The number of sulfonamides is 1.